The van der Waals surface area contributed by atoms with Gasteiger partial charge in [-0.2, -0.15) is 5.26 Å². The number of rotatable bonds is 4. The normalized spacial score (nSPS) is 18.8. The lowest BCUT2D eigenvalue weighted by Gasteiger charge is -2.36. The summed E-state index contributed by atoms with van der Waals surface area (Å²) in [5.74, 6) is 0.859. The smallest absolute Gasteiger partial charge is 0.118 e. The molecule has 0 unspecified atom stereocenters. The van der Waals surface area contributed by atoms with Crippen LogP contribution >= 0.6 is 0 Å². The summed E-state index contributed by atoms with van der Waals surface area (Å²) >= 11 is 0. The lowest BCUT2D eigenvalue weighted by Crippen LogP contribution is -2.51. The van der Waals surface area contributed by atoms with Crippen molar-refractivity contribution in [2.75, 3.05) is 27.2 Å². The molecule has 1 aromatic carbocycles. The average molecular weight is 259 g/mol. The predicted octanol–water partition coefficient (Wildman–Crippen LogP) is 1.77. The van der Waals surface area contributed by atoms with Gasteiger partial charge >= 0.3 is 0 Å². The van der Waals surface area contributed by atoms with Crippen molar-refractivity contribution in [2.24, 2.45) is 0 Å². The fourth-order valence-corrected chi connectivity index (χ4v) is 2.34. The Morgan fingerprint density at radius 2 is 1.95 bits per heavy atom. The number of nitrogens with one attached hydrogen (secondary N) is 1. The summed E-state index contributed by atoms with van der Waals surface area (Å²) < 4.78 is 5.14. The van der Waals surface area contributed by atoms with Gasteiger partial charge in [-0.3, -0.25) is 5.32 Å². The topological polar surface area (TPSA) is 48.3 Å². The van der Waals surface area contributed by atoms with Gasteiger partial charge in [-0.25, -0.2) is 0 Å². The standard InChI is InChI=1S/C15H21N3O/c1-18-9-7-15(12-16,8-10-18)17-11-13-3-5-14(19-2)6-4-13/h3-6,17H,7-11H2,1-2H3. The molecule has 1 fully saturated rings. The molecule has 0 bridgehead atoms. The third-order valence-corrected chi connectivity index (χ3v) is 3.84. The Bertz CT molecular complexity index is 441. The number of hydrogen-bond donors (Lipinski definition) is 1. The summed E-state index contributed by atoms with van der Waals surface area (Å²) in [5, 5.41) is 12.9. The molecule has 0 radical (unpaired) electrons. The van der Waals surface area contributed by atoms with Crippen molar-refractivity contribution in [3.63, 3.8) is 0 Å². The Kier molecular flexibility index (Phi) is 4.41. The van der Waals surface area contributed by atoms with E-state index < -0.39 is 0 Å². The third kappa shape index (κ3) is 3.46. The van der Waals surface area contributed by atoms with Crippen LogP contribution < -0.4 is 10.1 Å². The molecule has 4 nitrogen and oxygen atoms in total. The van der Waals surface area contributed by atoms with Gasteiger partial charge in [-0.15, -0.1) is 0 Å². The minimum Gasteiger partial charge on any atom is -0.497 e. The lowest BCUT2D eigenvalue weighted by atomic mass is 9.89. The van der Waals surface area contributed by atoms with Gasteiger partial charge in [0.05, 0.1) is 13.2 Å². The van der Waals surface area contributed by atoms with Crippen LogP contribution in [-0.2, 0) is 6.54 Å². The van der Waals surface area contributed by atoms with Crippen molar-refractivity contribution in [1.29, 1.82) is 5.26 Å². The van der Waals surface area contributed by atoms with E-state index in [-0.39, 0.29) is 5.54 Å². The van der Waals surface area contributed by atoms with Crippen molar-refractivity contribution in [2.45, 2.75) is 24.9 Å². The molecule has 1 aromatic rings. The van der Waals surface area contributed by atoms with E-state index in [1.165, 1.54) is 5.56 Å². The van der Waals surface area contributed by atoms with Gasteiger partial charge in [0.15, 0.2) is 0 Å². The Morgan fingerprint density at radius 1 is 1.32 bits per heavy atom. The number of benzene rings is 1. The number of nitriles is 1. The summed E-state index contributed by atoms with van der Waals surface area (Å²) in [7, 11) is 3.77. The summed E-state index contributed by atoms with van der Waals surface area (Å²) in [6.45, 7) is 2.67. The second-order valence-electron chi connectivity index (χ2n) is 5.20. The zero-order valence-electron chi connectivity index (χ0n) is 11.6. The van der Waals surface area contributed by atoms with Gasteiger partial charge in [0, 0.05) is 19.6 Å². The third-order valence-electron chi connectivity index (χ3n) is 3.84. The number of likely N-dealkylation sites (tertiary alicyclic amines) is 1. The van der Waals surface area contributed by atoms with E-state index >= 15 is 0 Å². The van der Waals surface area contributed by atoms with E-state index in [0.29, 0.717) is 0 Å². The second kappa shape index (κ2) is 6.05. The zero-order valence-corrected chi connectivity index (χ0v) is 11.6. The van der Waals surface area contributed by atoms with Gasteiger partial charge in [0.1, 0.15) is 11.3 Å². The van der Waals surface area contributed by atoms with Crippen molar-refractivity contribution < 1.29 is 4.74 Å². The van der Waals surface area contributed by atoms with Crippen LogP contribution in [0.15, 0.2) is 24.3 Å². The minimum absolute atomic E-state index is 0.369. The summed E-state index contributed by atoms with van der Waals surface area (Å²) in [6.07, 6.45) is 1.77. The van der Waals surface area contributed by atoms with Crippen LogP contribution in [-0.4, -0.2) is 37.7 Å². The number of nitrogens with zero attached hydrogens (tertiary/aromatic N) is 2. The molecule has 0 amide bonds. The van der Waals surface area contributed by atoms with Gasteiger partial charge in [0.25, 0.3) is 0 Å². The molecular weight excluding hydrogens is 238 g/mol. The average Bonchev–Trinajstić information content (AvgIpc) is 2.48. The molecule has 102 valence electrons. The SMILES string of the molecule is COc1ccc(CNC2(C#N)CCN(C)CC2)cc1. The minimum atomic E-state index is -0.369. The highest BCUT2D eigenvalue weighted by Gasteiger charge is 2.32. The van der Waals surface area contributed by atoms with Crippen LogP contribution in [0.2, 0.25) is 0 Å². The maximum absolute atomic E-state index is 9.44. The first-order chi connectivity index (χ1) is 9.17. The molecule has 1 heterocycles. The first kappa shape index (κ1) is 13.9. The van der Waals surface area contributed by atoms with Gasteiger partial charge in [-0.05, 0) is 37.6 Å². The molecule has 0 aromatic heterocycles. The van der Waals surface area contributed by atoms with Crippen LogP contribution in [0.25, 0.3) is 0 Å². The summed E-state index contributed by atoms with van der Waals surface area (Å²) in [4.78, 5) is 2.27. The van der Waals surface area contributed by atoms with Gasteiger partial charge < -0.3 is 9.64 Å². The lowest BCUT2D eigenvalue weighted by molar-refractivity contribution is 0.194. The second-order valence-corrected chi connectivity index (χ2v) is 5.20. The highest BCUT2D eigenvalue weighted by atomic mass is 16.5. The van der Waals surface area contributed by atoms with E-state index in [1.807, 2.05) is 24.3 Å². The van der Waals surface area contributed by atoms with Gasteiger partial charge in [0.2, 0.25) is 0 Å². The van der Waals surface area contributed by atoms with E-state index in [9.17, 15) is 5.26 Å². The van der Waals surface area contributed by atoms with Crippen molar-refractivity contribution >= 4 is 0 Å². The Balaban J connectivity index is 1.94. The number of ether oxygens (including phenoxy) is 1. The highest BCUT2D eigenvalue weighted by Crippen LogP contribution is 2.21. The quantitative estimate of drug-likeness (QED) is 0.895. The number of piperidine rings is 1. The van der Waals surface area contributed by atoms with Crippen molar-refractivity contribution in [3.05, 3.63) is 29.8 Å². The van der Waals surface area contributed by atoms with E-state index in [2.05, 4.69) is 23.3 Å². The van der Waals surface area contributed by atoms with E-state index in [4.69, 9.17) is 4.74 Å². The first-order valence-electron chi connectivity index (χ1n) is 6.65. The molecule has 0 saturated carbocycles. The fraction of sp³-hybridized carbons (Fsp3) is 0.533. The Hall–Kier alpha value is -1.57. The number of methoxy groups -OCH3 is 1. The molecule has 4 heteroatoms. The molecule has 1 aliphatic rings. The Morgan fingerprint density at radius 3 is 2.47 bits per heavy atom. The monoisotopic (exact) mass is 259 g/mol. The molecule has 19 heavy (non-hydrogen) atoms. The molecule has 1 aliphatic heterocycles. The maximum atomic E-state index is 9.44. The van der Waals surface area contributed by atoms with Crippen molar-refractivity contribution in [1.82, 2.24) is 10.2 Å². The molecule has 2 rings (SSSR count). The van der Waals surface area contributed by atoms with Crippen LogP contribution in [0.1, 0.15) is 18.4 Å². The molecule has 1 N–H and O–H groups in total. The van der Waals surface area contributed by atoms with Crippen LogP contribution in [0, 0.1) is 11.3 Å². The van der Waals surface area contributed by atoms with E-state index in [0.717, 1.165) is 38.2 Å². The number of hydrogen-bond acceptors (Lipinski definition) is 4. The van der Waals surface area contributed by atoms with Crippen molar-refractivity contribution in [3.8, 4) is 11.8 Å². The molecule has 0 atom stereocenters. The van der Waals surface area contributed by atoms with Crippen LogP contribution in [0.4, 0.5) is 0 Å². The van der Waals surface area contributed by atoms with Gasteiger partial charge in [-0.1, -0.05) is 12.1 Å². The summed E-state index contributed by atoms with van der Waals surface area (Å²) in [5.41, 5.74) is 0.807. The summed E-state index contributed by atoms with van der Waals surface area (Å²) in [6, 6.07) is 10.4. The molecular formula is C15H21N3O. The van der Waals surface area contributed by atoms with Crippen LogP contribution in [0.5, 0.6) is 5.75 Å². The fourth-order valence-electron chi connectivity index (χ4n) is 2.34. The zero-order chi connectivity index (χ0) is 13.7. The predicted molar refractivity (Wildman–Crippen MR) is 74.9 cm³/mol. The largest absolute Gasteiger partial charge is 0.497 e. The molecule has 1 saturated heterocycles. The molecule has 0 aliphatic carbocycles. The van der Waals surface area contributed by atoms with Crippen LogP contribution in [0.3, 0.4) is 0 Å². The molecule has 0 spiro atoms. The first-order valence-corrected chi connectivity index (χ1v) is 6.65. The maximum Gasteiger partial charge on any atom is 0.118 e. The Labute approximate surface area is 115 Å². The highest BCUT2D eigenvalue weighted by molar-refractivity contribution is 5.27. The van der Waals surface area contributed by atoms with E-state index in [1.54, 1.807) is 7.11 Å².